The summed E-state index contributed by atoms with van der Waals surface area (Å²) in [5, 5.41) is 0. The van der Waals surface area contributed by atoms with Crippen LogP contribution in [0.2, 0.25) is 0 Å². The molecule has 0 unspecified atom stereocenters. The minimum atomic E-state index is 0.853. The molecule has 2 heterocycles. The van der Waals surface area contributed by atoms with E-state index >= 15 is 0 Å². The zero-order chi connectivity index (χ0) is 43.1. The number of benzene rings is 4. The van der Waals surface area contributed by atoms with Crippen molar-refractivity contribution in [2.24, 2.45) is 20.0 Å². The summed E-state index contributed by atoms with van der Waals surface area (Å²) in [6, 6.07) is 34.1. The predicted molar refractivity (Wildman–Crippen MR) is 257 cm³/mol. The lowest BCUT2D eigenvalue weighted by Gasteiger charge is -2.17. The van der Waals surface area contributed by atoms with Crippen molar-refractivity contribution >= 4 is 45.6 Å². The quantitative estimate of drug-likeness (QED) is 0.109. The van der Waals surface area contributed by atoms with Crippen molar-refractivity contribution in [2.75, 3.05) is 0 Å². The molecule has 0 radical (unpaired) electrons. The highest BCUT2D eigenvalue weighted by atomic mass is 14.9. The Labute approximate surface area is 358 Å². The van der Waals surface area contributed by atoms with Gasteiger partial charge in [-0.1, -0.05) is 76.2 Å². The zero-order valence-corrected chi connectivity index (χ0v) is 37.7. The highest BCUT2D eigenvalue weighted by Gasteiger charge is 2.16. The number of aryl methyl sites for hydroxylation is 8. The highest BCUT2D eigenvalue weighted by Crippen LogP contribution is 2.37. The van der Waals surface area contributed by atoms with Gasteiger partial charge in [0.05, 0.1) is 68.4 Å². The van der Waals surface area contributed by atoms with Crippen LogP contribution in [-0.2, 0) is 25.7 Å². The normalized spacial score (nSPS) is 12.7. The standard InChI is InChI=1S/C54H60N6/c1-13-41-29-45(30-42(14-2)53(41)57-39(11)49-27-19-25-47(59-49)37(9)55-51-33(5)21-17-22-34(51)6)46-31-43(15-3)54(44(16-4)32-46)58-40(12)50-28-20-26-48(60-50)38(10)56-52-35(7)23-18-24-36(52)8/h17-32H,13-16H2,1-12H3. The molecule has 0 spiro atoms. The van der Waals surface area contributed by atoms with Gasteiger partial charge >= 0.3 is 0 Å². The number of aliphatic imine (C=N–C) groups is 4. The Morgan fingerprint density at radius 1 is 0.367 bits per heavy atom. The van der Waals surface area contributed by atoms with Gasteiger partial charge in [-0.2, -0.15) is 0 Å². The Balaban J connectivity index is 1.33. The second kappa shape index (κ2) is 19.3. The first kappa shape index (κ1) is 43.4. The van der Waals surface area contributed by atoms with Crippen molar-refractivity contribution in [2.45, 2.75) is 109 Å². The van der Waals surface area contributed by atoms with Gasteiger partial charge in [0.25, 0.3) is 0 Å². The van der Waals surface area contributed by atoms with E-state index in [2.05, 4.69) is 142 Å². The molecule has 0 saturated carbocycles. The molecular weight excluding hydrogens is 733 g/mol. The number of aromatic nitrogens is 2. The molecule has 6 nitrogen and oxygen atoms in total. The van der Waals surface area contributed by atoms with Crippen molar-refractivity contribution in [3.8, 4) is 11.1 Å². The largest absolute Gasteiger partial charge is 0.251 e. The number of pyridine rings is 2. The molecule has 0 atom stereocenters. The topological polar surface area (TPSA) is 75.2 Å². The van der Waals surface area contributed by atoms with Crippen LogP contribution in [0, 0.1) is 27.7 Å². The third-order valence-corrected chi connectivity index (χ3v) is 11.4. The van der Waals surface area contributed by atoms with Gasteiger partial charge in [0.2, 0.25) is 0 Å². The molecule has 2 aromatic heterocycles. The molecule has 0 N–H and O–H groups in total. The van der Waals surface area contributed by atoms with Crippen LogP contribution in [0.3, 0.4) is 0 Å². The van der Waals surface area contributed by atoms with Gasteiger partial charge in [-0.3, -0.25) is 20.0 Å². The Morgan fingerprint density at radius 2 is 0.600 bits per heavy atom. The fraction of sp³-hybridized carbons (Fsp3) is 0.296. The number of hydrogen-bond acceptors (Lipinski definition) is 6. The van der Waals surface area contributed by atoms with E-state index < -0.39 is 0 Å². The van der Waals surface area contributed by atoms with Crippen molar-refractivity contribution in [3.05, 3.63) is 164 Å². The Morgan fingerprint density at radius 3 is 0.850 bits per heavy atom. The lowest BCUT2D eigenvalue weighted by molar-refractivity contribution is 1.07. The highest BCUT2D eigenvalue weighted by molar-refractivity contribution is 6.04. The maximum atomic E-state index is 5.29. The molecule has 0 fully saturated rings. The molecule has 0 aliphatic rings. The summed E-state index contributed by atoms with van der Waals surface area (Å²) in [5.41, 5.74) is 23.0. The average molecular weight is 793 g/mol. The summed E-state index contributed by atoms with van der Waals surface area (Å²) in [4.78, 5) is 30.6. The SMILES string of the molecule is CCc1cc(-c2cc(CC)c(N=C(C)c3cccc(C(C)=Nc4c(C)cccc4C)n3)c(CC)c2)cc(CC)c1N=C(C)c1cccc(C(C)=Nc2c(C)cccc2C)n1. The van der Waals surface area contributed by atoms with Gasteiger partial charge in [0, 0.05) is 0 Å². The summed E-state index contributed by atoms with van der Waals surface area (Å²) >= 11 is 0. The number of hydrogen-bond donors (Lipinski definition) is 0. The summed E-state index contributed by atoms with van der Waals surface area (Å²) in [6.07, 6.45) is 3.47. The van der Waals surface area contributed by atoms with Crippen LogP contribution >= 0.6 is 0 Å². The van der Waals surface area contributed by atoms with Crippen LogP contribution in [0.25, 0.3) is 11.1 Å². The zero-order valence-electron chi connectivity index (χ0n) is 37.7. The maximum absolute atomic E-state index is 5.29. The Kier molecular flexibility index (Phi) is 14.0. The lowest BCUT2D eigenvalue weighted by atomic mass is 9.91. The van der Waals surface area contributed by atoms with E-state index in [1.807, 2.05) is 38.1 Å². The smallest absolute Gasteiger partial charge is 0.0849 e. The first-order chi connectivity index (χ1) is 28.8. The van der Waals surface area contributed by atoms with E-state index in [9.17, 15) is 0 Å². The Bertz CT molecular complexity index is 2400. The van der Waals surface area contributed by atoms with Gasteiger partial charge in [-0.05, 0) is 185 Å². The fourth-order valence-electron chi connectivity index (χ4n) is 7.76. The average Bonchev–Trinajstić information content (AvgIpc) is 3.26. The number of para-hydroxylation sites is 2. The molecule has 306 valence electrons. The Hall–Kier alpha value is -6.14. The van der Waals surface area contributed by atoms with E-state index in [0.29, 0.717) is 0 Å². The summed E-state index contributed by atoms with van der Waals surface area (Å²) in [7, 11) is 0. The van der Waals surface area contributed by atoms with E-state index in [1.165, 1.54) is 33.4 Å². The number of rotatable bonds is 13. The predicted octanol–water partition coefficient (Wildman–Crippen LogP) is 14.2. The van der Waals surface area contributed by atoms with Crippen LogP contribution in [0.1, 0.15) is 123 Å². The van der Waals surface area contributed by atoms with E-state index in [0.717, 1.165) is 116 Å². The molecule has 4 aromatic carbocycles. The van der Waals surface area contributed by atoms with E-state index in [4.69, 9.17) is 29.9 Å². The van der Waals surface area contributed by atoms with Gasteiger partial charge < -0.3 is 0 Å². The van der Waals surface area contributed by atoms with E-state index in [-0.39, 0.29) is 0 Å². The van der Waals surface area contributed by atoms with Crippen molar-refractivity contribution in [3.63, 3.8) is 0 Å². The van der Waals surface area contributed by atoms with Crippen LogP contribution in [-0.4, -0.2) is 32.8 Å². The van der Waals surface area contributed by atoms with Crippen LogP contribution in [0.5, 0.6) is 0 Å². The molecule has 0 bridgehead atoms. The van der Waals surface area contributed by atoms with Crippen LogP contribution in [0.4, 0.5) is 22.7 Å². The molecule has 0 amide bonds. The molecule has 60 heavy (non-hydrogen) atoms. The molecule has 0 aliphatic heterocycles. The second-order valence-corrected chi connectivity index (χ2v) is 15.8. The van der Waals surface area contributed by atoms with Gasteiger partial charge in [0.1, 0.15) is 0 Å². The molecule has 6 aromatic rings. The fourth-order valence-corrected chi connectivity index (χ4v) is 7.76. The minimum absolute atomic E-state index is 0.853. The molecule has 6 heteroatoms. The van der Waals surface area contributed by atoms with Gasteiger partial charge in [-0.25, -0.2) is 9.97 Å². The molecule has 6 rings (SSSR count). The molecule has 0 aliphatic carbocycles. The van der Waals surface area contributed by atoms with Crippen LogP contribution < -0.4 is 0 Å². The molecular formula is C54H60N6. The van der Waals surface area contributed by atoms with Crippen molar-refractivity contribution < 1.29 is 0 Å². The third-order valence-electron chi connectivity index (χ3n) is 11.4. The maximum Gasteiger partial charge on any atom is 0.0849 e. The second-order valence-electron chi connectivity index (χ2n) is 15.8. The first-order valence-corrected chi connectivity index (χ1v) is 21.5. The lowest BCUT2D eigenvalue weighted by Crippen LogP contribution is -2.06. The third kappa shape index (κ3) is 9.66. The summed E-state index contributed by atoms with van der Waals surface area (Å²) in [5.74, 6) is 0. The molecule has 0 saturated heterocycles. The first-order valence-electron chi connectivity index (χ1n) is 21.5. The van der Waals surface area contributed by atoms with E-state index in [1.54, 1.807) is 0 Å². The van der Waals surface area contributed by atoms with Crippen LogP contribution in [0.15, 0.2) is 117 Å². The summed E-state index contributed by atoms with van der Waals surface area (Å²) in [6.45, 7) is 25.5. The van der Waals surface area contributed by atoms with Crippen molar-refractivity contribution in [1.29, 1.82) is 0 Å². The monoisotopic (exact) mass is 792 g/mol. The minimum Gasteiger partial charge on any atom is -0.251 e. The van der Waals surface area contributed by atoms with Gasteiger partial charge in [-0.15, -0.1) is 0 Å². The van der Waals surface area contributed by atoms with Gasteiger partial charge in [0.15, 0.2) is 0 Å². The van der Waals surface area contributed by atoms with Crippen molar-refractivity contribution in [1.82, 2.24) is 9.97 Å². The number of nitrogens with zero attached hydrogens (tertiary/aromatic N) is 6. The summed E-state index contributed by atoms with van der Waals surface area (Å²) < 4.78 is 0.